The van der Waals surface area contributed by atoms with Gasteiger partial charge in [0.25, 0.3) is 0 Å². The van der Waals surface area contributed by atoms with Crippen LogP contribution in [0.2, 0.25) is 0 Å². The molecular weight excluding hydrogens is 202 g/mol. The molecule has 0 aliphatic heterocycles. The second-order valence-corrected chi connectivity index (χ2v) is 3.55. The summed E-state index contributed by atoms with van der Waals surface area (Å²) in [6, 6.07) is 7.94. The van der Waals surface area contributed by atoms with E-state index >= 15 is 0 Å². The second kappa shape index (κ2) is 4.26. The molecule has 16 heavy (non-hydrogen) atoms. The third kappa shape index (κ3) is 1.86. The minimum absolute atomic E-state index is 0.847. The molecule has 0 aliphatic rings. The van der Waals surface area contributed by atoms with Gasteiger partial charge in [0.2, 0.25) is 0 Å². The molecule has 0 bridgehead atoms. The molecule has 0 fully saturated rings. The van der Waals surface area contributed by atoms with Gasteiger partial charge in [0.15, 0.2) is 0 Å². The highest BCUT2D eigenvalue weighted by Crippen LogP contribution is 2.21. The monoisotopic (exact) mass is 217 g/mol. The van der Waals surface area contributed by atoms with Crippen LogP contribution in [0.4, 0.5) is 5.82 Å². The van der Waals surface area contributed by atoms with Crippen LogP contribution in [0, 0.1) is 6.92 Å². The highest BCUT2D eigenvalue weighted by atomic mass is 16.5. The summed E-state index contributed by atoms with van der Waals surface area (Å²) in [6.45, 7) is 2.02. The van der Waals surface area contributed by atoms with Gasteiger partial charge in [0.05, 0.1) is 12.8 Å². The molecule has 0 radical (unpaired) electrons. The number of nitrogens with zero attached hydrogens (tertiary/aromatic N) is 2. The highest BCUT2D eigenvalue weighted by Gasteiger charge is 2.03. The molecule has 1 aromatic carbocycles. The van der Waals surface area contributed by atoms with Gasteiger partial charge in [-0.1, -0.05) is 6.07 Å². The third-order valence-electron chi connectivity index (χ3n) is 2.50. The maximum atomic E-state index is 5.28. The largest absolute Gasteiger partial charge is 0.496 e. The molecule has 0 aliphatic carbocycles. The molecule has 4 nitrogen and oxygen atoms in total. The molecule has 0 amide bonds. The molecular formula is C12H15N3O. The fourth-order valence-electron chi connectivity index (χ4n) is 1.55. The molecule has 0 spiro atoms. The van der Waals surface area contributed by atoms with Crippen LogP contribution in [-0.2, 0) is 0 Å². The average Bonchev–Trinajstić information content (AvgIpc) is 2.78. The number of aryl methyl sites for hydroxylation is 1. The summed E-state index contributed by atoms with van der Waals surface area (Å²) >= 11 is 0. The third-order valence-corrected chi connectivity index (χ3v) is 2.50. The fraction of sp³-hybridized carbons (Fsp3) is 0.250. The average molecular weight is 217 g/mol. The molecule has 0 saturated heterocycles. The van der Waals surface area contributed by atoms with E-state index in [1.807, 2.05) is 49.1 Å². The van der Waals surface area contributed by atoms with Crippen LogP contribution in [0.15, 0.2) is 30.5 Å². The van der Waals surface area contributed by atoms with Crippen LogP contribution in [-0.4, -0.2) is 23.9 Å². The zero-order valence-corrected chi connectivity index (χ0v) is 9.69. The second-order valence-electron chi connectivity index (χ2n) is 3.55. The van der Waals surface area contributed by atoms with E-state index in [0.717, 1.165) is 22.8 Å². The van der Waals surface area contributed by atoms with Crippen molar-refractivity contribution in [2.75, 3.05) is 19.5 Å². The van der Waals surface area contributed by atoms with E-state index in [9.17, 15) is 0 Å². The Kier molecular flexibility index (Phi) is 2.81. The Hall–Kier alpha value is -1.97. The lowest BCUT2D eigenvalue weighted by molar-refractivity contribution is 0.411. The van der Waals surface area contributed by atoms with Gasteiger partial charge in [0, 0.05) is 25.4 Å². The Morgan fingerprint density at radius 3 is 2.75 bits per heavy atom. The van der Waals surface area contributed by atoms with Crippen molar-refractivity contribution < 1.29 is 4.74 Å². The van der Waals surface area contributed by atoms with Gasteiger partial charge in [0.1, 0.15) is 11.6 Å². The van der Waals surface area contributed by atoms with E-state index in [4.69, 9.17) is 4.74 Å². The van der Waals surface area contributed by atoms with E-state index < -0.39 is 0 Å². The molecule has 0 atom stereocenters. The van der Waals surface area contributed by atoms with Crippen LogP contribution in [0.3, 0.4) is 0 Å². The summed E-state index contributed by atoms with van der Waals surface area (Å²) in [5.41, 5.74) is 2.11. The standard InChI is InChI=1S/C12H15N3O/c1-9-4-5-10(8-11(9)16-3)15-7-6-12(13-2)14-15/h4-8H,1-3H3,(H,13,14). The Balaban J connectivity index is 2.40. The number of rotatable bonds is 3. The van der Waals surface area contributed by atoms with E-state index in [0.29, 0.717) is 0 Å². The predicted octanol–water partition coefficient (Wildman–Crippen LogP) is 2.23. The minimum Gasteiger partial charge on any atom is -0.496 e. The minimum atomic E-state index is 0.847. The maximum absolute atomic E-state index is 5.28. The Morgan fingerprint density at radius 1 is 1.31 bits per heavy atom. The molecule has 1 aromatic heterocycles. The lowest BCUT2D eigenvalue weighted by atomic mass is 10.2. The zero-order chi connectivity index (χ0) is 11.5. The lowest BCUT2D eigenvalue weighted by Crippen LogP contribution is -1.98. The smallest absolute Gasteiger partial charge is 0.148 e. The van der Waals surface area contributed by atoms with Crippen molar-refractivity contribution in [1.29, 1.82) is 0 Å². The zero-order valence-electron chi connectivity index (χ0n) is 9.69. The first-order chi connectivity index (χ1) is 7.74. The molecule has 0 unspecified atom stereocenters. The van der Waals surface area contributed by atoms with Crippen molar-refractivity contribution >= 4 is 5.82 Å². The van der Waals surface area contributed by atoms with Gasteiger partial charge in [-0.3, -0.25) is 0 Å². The Bertz CT molecular complexity index is 491. The maximum Gasteiger partial charge on any atom is 0.148 e. The van der Waals surface area contributed by atoms with Gasteiger partial charge in [-0.15, -0.1) is 0 Å². The number of hydrogen-bond acceptors (Lipinski definition) is 3. The number of ether oxygens (including phenoxy) is 1. The fourth-order valence-corrected chi connectivity index (χ4v) is 1.55. The van der Waals surface area contributed by atoms with Crippen molar-refractivity contribution in [2.45, 2.75) is 6.92 Å². The number of hydrogen-bond donors (Lipinski definition) is 1. The first-order valence-electron chi connectivity index (χ1n) is 5.13. The number of methoxy groups -OCH3 is 1. The summed E-state index contributed by atoms with van der Waals surface area (Å²) in [4.78, 5) is 0. The van der Waals surface area contributed by atoms with Crippen molar-refractivity contribution in [3.05, 3.63) is 36.0 Å². The number of nitrogens with one attached hydrogen (secondary N) is 1. The van der Waals surface area contributed by atoms with Crippen molar-refractivity contribution in [1.82, 2.24) is 9.78 Å². The van der Waals surface area contributed by atoms with Crippen LogP contribution < -0.4 is 10.1 Å². The SMILES string of the molecule is CNc1ccn(-c2ccc(C)c(OC)c2)n1. The first kappa shape index (κ1) is 10.5. The molecule has 2 aromatic rings. The number of benzene rings is 1. The Morgan fingerprint density at radius 2 is 2.12 bits per heavy atom. The summed E-state index contributed by atoms with van der Waals surface area (Å²) in [5, 5.41) is 7.35. The van der Waals surface area contributed by atoms with E-state index in [-0.39, 0.29) is 0 Å². The van der Waals surface area contributed by atoms with Crippen LogP contribution >= 0.6 is 0 Å². The van der Waals surface area contributed by atoms with Gasteiger partial charge in [-0.2, -0.15) is 5.10 Å². The summed E-state index contributed by atoms with van der Waals surface area (Å²) in [6.07, 6.45) is 1.91. The molecule has 84 valence electrons. The number of aromatic nitrogens is 2. The molecule has 4 heteroatoms. The predicted molar refractivity (Wildman–Crippen MR) is 64.4 cm³/mol. The van der Waals surface area contributed by atoms with E-state index in [1.54, 1.807) is 7.11 Å². The normalized spacial score (nSPS) is 10.2. The van der Waals surface area contributed by atoms with E-state index in [2.05, 4.69) is 10.4 Å². The summed E-state index contributed by atoms with van der Waals surface area (Å²) < 4.78 is 7.10. The van der Waals surface area contributed by atoms with Gasteiger partial charge in [-0.25, -0.2) is 4.68 Å². The topological polar surface area (TPSA) is 39.1 Å². The van der Waals surface area contributed by atoms with Crippen molar-refractivity contribution in [2.24, 2.45) is 0 Å². The molecule has 0 saturated carbocycles. The lowest BCUT2D eigenvalue weighted by Gasteiger charge is -2.07. The van der Waals surface area contributed by atoms with Gasteiger partial charge in [-0.05, 0) is 18.6 Å². The summed E-state index contributed by atoms with van der Waals surface area (Å²) in [7, 11) is 3.52. The highest BCUT2D eigenvalue weighted by molar-refractivity contribution is 5.45. The van der Waals surface area contributed by atoms with Crippen LogP contribution in [0.5, 0.6) is 5.75 Å². The number of anilines is 1. The molecule has 1 heterocycles. The van der Waals surface area contributed by atoms with Crippen molar-refractivity contribution in [3.8, 4) is 11.4 Å². The molecule has 2 rings (SSSR count). The van der Waals surface area contributed by atoms with Gasteiger partial charge >= 0.3 is 0 Å². The van der Waals surface area contributed by atoms with Crippen LogP contribution in [0.1, 0.15) is 5.56 Å². The van der Waals surface area contributed by atoms with E-state index in [1.165, 1.54) is 0 Å². The van der Waals surface area contributed by atoms with Crippen LogP contribution in [0.25, 0.3) is 5.69 Å². The summed E-state index contributed by atoms with van der Waals surface area (Å²) in [5.74, 6) is 1.72. The Labute approximate surface area is 94.9 Å². The van der Waals surface area contributed by atoms with Crippen molar-refractivity contribution in [3.63, 3.8) is 0 Å². The quantitative estimate of drug-likeness (QED) is 0.856. The molecule has 1 N–H and O–H groups in total. The van der Waals surface area contributed by atoms with Gasteiger partial charge < -0.3 is 10.1 Å². The first-order valence-corrected chi connectivity index (χ1v) is 5.13.